The lowest BCUT2D eigenvalue weighted by atomic mass is 10.1. The van der Waals surface area contributed by atoms with E-state index in [9.17, 15) is 20.0 Å². The van der Waals surface area contributed by atoms with E-state index in [2.05, 4.69) is 10.3 Å². The first kappa shape index (κ1) is 18.4. The van der Waals surface area contributed by atoms with Gasteiger partial charge in [-0.15, -0.1) is 0 Å². The molecule has 0 spiro atoms. The highest BCUT2D eigenvalue weighted by Crippen LogP contribution is 2.31. The zero-order valence-corrected chi connectivity index (χ0v) is 14.5. The second-order valence-corrected chi connectivity index (χ2v) is 6.68. The molecule has 0 aliphatic rings. The van der Waals surface area contributed by atoms with Crippen LogP contribution in [0.5, 0.6) is 0 Å². The minimum absolute atomic E-state index is 0.0930. The second kappa shape index (κ2) is 7.33. The first-order valence-corrected chi connectivity index (χ1v) is 7.98. The third-order valence-electron chi connectivity index (χ3n) is 3.85. The SMILES string of the molecule is CC(C)(C)N(CCCNc1c([N+](=O)[O-])cnc2ccccc12)C(=O)O. The summed E-state index contributed by atoms with van der Waals surface area (Å²) in [5.74, 6) is 0. The average molecular weight is 346 g/mol. The number of para-hydroxylation sites is 1. The molecule has 0 fully saturated rings. The van der Waals surface area contributed by atoms with Gasteiger partial charge in [-0.25, -0.2) is 9.78 Å². The molecule has 0 unspecified atom stereocenters. The van der Waals surface area contributed by atoms with E-state index in [1.54, 1.807) is 18.2 Å². The number of anilines is 1. The van der Waals surface area contributed by atoms with Crippen LogP contribution in [0, 0.1) is 10.1 Å². The molecule has 2 aromatic rings. The molecule has 8 nitrogen and oxygen atoms in total. The molecule has 0 aliphatic carbocycles. The van der Waals surface area contributed by atoms with Gasteiger partial charge in [-0.2, -0.15) is 0 Å². The predicted molar refractivity (Wildman–Crippen MR) is 96.0 cm³/mol. The molecule has 0 bridgehead atoms. The number of benzene rings is 1. The molecule has 0 aliphatic heterocycles. The Kier molecular flexibility index (Phi) is 5.41. The summed E-state index contributed by atoms with van der Waals surface area (Å²) in [5.41, 5.74) is 0.483. The Hall–Kier alpha value is -2.90. The number of carbonyl (C=O) groups is 1. The third-order valence-corrected chi connectivity index (χ3v) is 3.85. The molecule has 0 radical (unpaired) electrons. The lowest BCUT2D eigenvalue weighted by Crippen LogP contribution is -2.45. The summed E-state index contributed by atoms with van der Waals surface area (Å²) in [6, 6.07) is 7.18. The van der Waals surface area contributed by atoms with Crippen molar-refractivity contribution in [2.75, 3.05) is 18.4 Å². The molecular formula is C17H22N4O4. The molecule has 2 rings (SSSR count). The molecule has 0 atom stereocenters. The van der Waals surface area contributed by atoms with Gasteiger partial charge in [0, 0.05) is 24.0 Å². The van der Waals surface area contributed by atoms with Crippen LogP contribution in [0.2, 0.25) is 0 Å². The van der Waals surface area contributed by atoms with E-state index in [1.807, 2.05) is 26.8 Å². The normalized spacial score (nSPS) is 11.3. The Morgan fingerprint density at radius 2 is 2.04 bits per heavy atom. The van der Waals surface area contributed by atoms with Gasteiger partial charge in [0.25, 0.3) is 0 Å². The Morgan fingerprint density at radius 3 is 2.64 bits per heavy atom. The van der Waals surface area contributed by atoms with Gasteiger partial charge in [-0.05, 0) is 33.3 Å². The number of pyridine rings is 1. The minimum atomic E-state index is -0.979. The maximum Gasteiger partial charge on any atom is 0.407 e. The number of hydrogen-bond donors (Lipinski definition) is 2. The van der Waals surface area contributed by atoms with E-state index in [0.29, 0.717) is 36.1 Å². The minimum Gasteiger partial charge on any atom is -0.465 e. The van der Waals surface area contributed by atoms with Crippen LogP contribution in [0.15, 0.2) is 30.5 Å². The van der Waals surface area contributed by atoms with Crippen LogP contribution in [-0.2, 0) is 0 Å². The Labute approximate surface area is 145 Å². The van der Waals surface area contributed by atoms with Crippen molar-refractivity contribution in [2.45, 2.75) is 32.7 Å². The van der Waals surface area contributed by atoms with E-state index >= 15 is 0 Å². The van der Waals surface area contributed by atoms with Crippen LogP contribution in [-0.4, -0.2) is 44.6 Å². The highest BCUT2D eigenvalue weighted by Gasteiger charge is 2.25. The molecule has 1 aromatic carbocycles. The summed E-state index contributed by atoms with van der Waals surface area (Å²) >= 11 is 0. The molecule has 1 heterocycles. The number of nitrogens with one attached hydrogen (secondary N) is 1. The summed E-state index contributed by atoms with van der Waals surface area (Å²) in [6.07, 6.45) is 0.786. The van der Waals surface area contributed by atoms with E-state index in [-0.39, 0.29) is 5.69 Å². The van der Waals surface area contributed by atoms with Crippen molar-refractivity contribution in [1.82, 2.24) is 9.88 Å². The Balaban J connectivity index is 2.14. The molecule has 1 amide bonds. The molecule has 2 N–H and O–H groups in total. The van der Waals surface area contributed by atoms with E-state index in [1.165, 1.54) is 11.1 Å². The molecule has 1 aromatic heterocycles. The number of aromatic nitrogens is 1. The number of hydrogen-bond acceptors (Lipinski definition) is 5. The number of amides is 1. The number of carboxylic acid groups (broad SMARTS) is 1. The quantitative estimate of drug-likeness (QED) is 0.469. The number of nitrogens with zero attached hydrogens (tertiary/aromatic N) is 3. The molecule has 0 saturated carbocycles. The van der Waals surface area contributed by atoms with Gasteiger partial charge in [-0.1, -0.05) is 18.2 Å². The lowest BCUT2D eigenvalue weighted by Gasteiger charge is -2.33. The largest absolute Gasteiger partial charge is 0.465 e. The van der Waals surface area contributed by atoms with Gasteiger partial charge in [0.1, 0.15) is 11.9 Å². The summed E-state index contributed by atoms with van der Waals surface area (Å²) in [4.78, 5) is 27.6. The fraction of sp³-hybridized carbons (Fsp3) is 0.412. The highest BCUT2D eigenvalue weighted by molar-refractivity contribution is 5.95. The van der Waals surface area contributed by atoms with E-state index in [4.69, 9.17) is 0 Å². The summed E-state index contributed by atoms with van der Waals surface area (Å²) in [5, 5.41) is 24.3. The van der Waals surface area contributed by atoms with Gasteiger partial charge < -0.3 is 15.3 Å². The van der Waals surface area contributed by atoms with Crippen LogP contribution in [0.25, 0.3) is 10.9 Å². The van der Waals surface area contributed by atoms with Crippen molar-refractivity contribution in [2.24, 2.45) is 0 Å². The van der Waals surface area contributed by atoms with Gasteiger partial charge in [0.2, 0.25) is 0 Å². The van der Waals surface area contributed by atoms with Crippen molar-refractivity contribution in [1.29, 1.82) is 0 Å². The first-order valence-electron chi connectivity index (χ1n) is 7.98. The zero-order valence-electron chi connectivity index (χ0n) is 14.5. The predicted octanol–water partition coefficient (Wildman–Crippen LogP) is 3.72. The average Bonchev–Trinajstić information content (AvgIpc) is 2.52. The second-order valence-electron chi connectivity index (χ2n) is 6.68. The fourth-order valence-electron chi connectivity index (χ4n) is 2.62. The van der Waals surface area contributed by atoms with Gasteiger partial charge in [-0.3, -0.25) is 10.1 Å². The van der Waals surface area contributed by atoms with Crippen molar-refractivity contribution < 1.29 is 14.8 Å². The van der Waals surface area contributed by atoms with Crippen LogP contribution in [0.1, 0.15) is 27.2 Å². The monoisotopic (exact) mass is 346 g/mol. The molecule has 8 heteroatoms. The number of nitro groups is 1. The molecular weight excluding hydrogens is 324 g/mol. The number of fused-ring (bicyclic) bond motifs is 1. The summed E-state index contributed by atoms with van der Waals surface area (Å²) < 4.78 is 0. The maximum absolute atomic E-state index is 11.3. The van der Waals surface area contributed by atoms with Crippen molar-refractivity contribution in [3.05, 3.63) is 40.6 Å². The lowest BCUT2D eigenvalue weighted by molar-refractivity contribution is -0.384. The Bertz CT molecular complexity index is 786. The first-order chi connectivity index (χ1) is 11.7. The van der Waals surface area contributed by atoms with Crippen molar-refractivity contribution in [3.8, 4) is 0 Å². The summed E-state index contributed by atoms with van der Waals surface area (Å²) in [6.45, 7) is 6.23. The van der Waals surface area contributed by atoms with Crippen LogP contribution in [0.3, 0.4) is 0 Å². The van der Waals surface area contributed by atoms with Crippen molar-refractivity contribution >= 4 is 28.4 Å². The van der Waals surface area contributed by atoms with Crippen LogP contribution in [0.4, 0.5) is 16.2 Å². The van der Waals surface area contributed by atoms with Crippen molar-refractivity contribution in [3.63, 3.8) is 0 Å². The standard InChI is InChI=1S/C17H22N4O4/c1-17(2,3)20(16(22)23)10-6-9-18-15-12-7-4-5-8-13(12)19-11-14(15)21(24)25/h4-5,7-8,11H,6,9-10H2,1-3H3,(H,18,19)(H,22,23). The van der Waals surface area contributed by atoms with Crippen LogP contribution < -0.4 is 5.32 Å². The summed E-state index contributed by atoms with van der Waals surface area (Å²) in [7, 11) is 0. The van der Waals surface area contributed by atoms with E-state index < -0.39 is 16.6 Å². The van der Waals surface area contributed by atoms with Gasteiger partial charge in [0.05, 0.1) is 10.4 Å². The van der Waals surface area contributed by atoms with Gasteiger partial charge in [0.15, 0.2) is 0 Å². The van der Waals surface area contributed by atoms with E-state index in [0.717, 1.165) is 0 Å². The van der Waals surface area contributed by atoms with Gasteiger partial charge >= 0.3 is 11.8 Å². The smallest absolute Gasteiger partial charge is 0.407 e. The number of rotatable bonds is 6. The Morgan fingerprint density at radius 1 is 1.36 bits per heavy atom. The fourth-order valence-corrected chi connectivity index (χ4v) is 2.62. The third kappa shape index (κ3) is 4.34. The van der Waals surface area contributed by atoms with Crippen LogP contribution >= 0.6 is 0 Å². The topological polar surface area (TPSA) is 109 Å². The molecule has 0 saturated heterocycles. The molecule has 25 heavy (non-hydrogen) atoms. The molecule has 134 valence electrons. The zero-order chi connectivity index (χ0) is 18.6. The maximum atomic E-state index is 11.3. The highest BCUT2D eigenvalue weighted by atomic mass is 16.6.